The zero-order chi connectivity index (χ0) is 14.0. The van der Waals surface area contributed by atoms with Crippen LogP contribution < -0.4 is 0 Å². The predicted octanol–water partition coefficient (Wildman–Crippen LogP) is 3.23. The van der Waals surface area contributed by atoms with Gasteiger partial charge >= 0.3 is 0 Å². The highest BCUT2D eigenvalue weighted by atomic mass is 19.3. The van der Waals surface area contributed by atoms with Crippen LogP contribution in [-0.4, -0.2) is 54.0 Å². The molecule has 2 aliphatic heterocycles. The van der Waals surface area contributed by atoms with Gasteiger partial charge in [0.05, 0.1) is 6.54 Å². The first-order chi connectivity index (χ1) is 8.87. The zero-order valence-electron chi connectivity index (χ0n) is 12.5. The maximum absolute atomic E-state index is 13.2. The van der Waals surface area contributed by atoms with Crippen LogP contribution in [0.2, 0.25) is 0 Å². The maximum atomic E-state index is 13.2. The SMILES string of the molecule is CC(C)N1CC[C@@H](CCC(C)N2CCC(F)(F)C2)C1. The quantitative estimate of drug-likeness (QED) is 0.759. The lowest BCUT2D eigenvalue weighted by molar-refractivity contribution is 0.00778. The van der Waals surface area contributed by atoms with Gasteiger partial charge in [-0.2, -0.15) is 0 Å². The normalized spacial score (nSPS) is 30.3. The molecule has 2 heterocycles. The van der Waals surface area contributed by atoms with Crippen LogP contribution in [0.1, 0.15) is 46.5 Å². The van der Waals surface area contributed by atoms with Crippen molar-refractivity contribution in [1.29, 1.82) is 0 Å². The molecule has 0 bridgehead atoms. The molecule has 0 aliphatic carbocycles. The summed E-state index contributed by atoms with van der Waals surface area (Å²) in [5.74, 6) is -1.68. The lowest BCUT2D eigenvalue weighted by Crippen LogP contribution is -2.33. The summed E-state index contributed by atoms with van der Waals surface area (Å²) in [7, 11) is 0. The summed E-state index contributed by atoms with van der Waals surface area (Å²) in [5, 5.41) is 0. The smallest absolute Gasteiger partial charge is 0.261 e. The van der Waals surface area contributed by atoms with E-state index in [0.717, 1.165) is 12.3 Å². The molecule has 0 saturated carbocycles. The standard InChI is InChI=1S/C15H28F2N2/c1-12(2)18-8-6-14(10-18)5-4-13(3)19-9-7-15(16,17)11-19/h12-14H,4-11H2,1-3H3/t13?,14-/m1/s1. The second-order valence-corrected chi connectivity index (χ2v) is 6.75. The molecule has 2 aliphatic rings. The van der Waals surface area contributed by atoms with E-state index in [-0.39, 0.29) is 13.0 Å². The van der Waals surface area contributed by atoms with E-state index in [1.807, 2.05) is 4.90 Å². The van der Waals surface area contributed by atoms with Crippen molar-refractivity contribution in [2.75, 3.05) is 26.2 Å². The van der Waals surface area contributed by atoms with Gasteiger partial charge in [0.15, 0.2) is 0 Å². The van der Waals surface area contributed by atoms with Gasteiger partial charge in [0, 0.05) is 31.6 Å². The first kappa shape index (κ1) is 15.2. The van der Waals surface area contributed by atoms with Crippen molar-refractivity contribution < 1.29 is 8.78 Å². The van der Waals surface area contributed by atoms with Crippen molar-refractivity contribution in [3.63, 3.8) is 0 Å². The molecule has 0 aromatic heterocycles. The second kappa shape index (κ2) is 6.04. The Kier molecular flexibility index (Phi) is 4.83. The van der Waals surface area contributed by atoms with Crippen LogP contribution in [0.25, 0.3) is 0 Å². The van der Waals surface area contributed by atoms with E-state index in [1.54, 1.807) is 0 Å². The molecule has 0 amide bonds. The molecule has 2 saturated heterocycles. The molecular weight excluding hydrogens is 246 g/mol. The van der Waals surface area contributed by atoms with Crippen molar-refractivity contribution in [1.82, 2.24) is 9.80 Å². The molecule has 4 heteroatoms. The van der Waals surface area contributed by atoms with Gasteiger partial charge in [-0.05, 0) is 52.5 Å². The van der Waals surface area contributed by atoms with E-state index >= 15 is 0 Å². The van der Waals surface area contributed by atoms with E-state index in [0.29, 0.717) is 18.6 Å². The third-order valence-corrected chi connectivity index (χ3v) is 4.86. The fourth-order valence-electron chi connectivity index (χ4n) is 3.37. The number of hydrogen-bond acceptors (Lipinski definition) is 2. The van der Waals surface area contributed by atoms with E-state index < -0.39 is 5.92 Å². The monoisotopic (exact) mass is 274 g/mol. The van der Waals surface area contributed by atoms with Crippen LogP contribution in [0, 0.1) is 5.92 Å². The Hall–Kier alpha value is -0.220. The average molecular weight is 274 g/mol. The van der Waals surface area contributed by atoms with E-state index in [1.165, 1.54) is 25.9 Å². The highest BCUT2D eigenvalue weighted by Gasteiger charge is 2.39. The van der Waals surface area contributed by atoms with Crippen LogP contribution in [0.15, 0.2) is 0 Å². The van der Waals surface area contributed by atoms with Gasteiger partial charge in [-0.1, -0.05) is 0 Å². The first-order valence-corrected chi connectivity index (χ1v) is 7.73. The summed E-state index contributed by atoms with van der Waals surface area (Å²) >= 11 is 0. The summed E-state index contributed by atoms with van der Waals surface area (Å²) < 4.78 is 26.4. The molecule has 0 radical (unpaired) electrons. The number of alkyl halides is 2. The van der Waals surface area contributed by atoms with Crippen molar-refractivity contribution in [2.45, 2.75) is 64.5 Å². The third-order valence-electron chi connectivity index (χ3n) is 4.86. The summed E-state index contributed by atoms with van der Waals surface area (Å²) in [6.07, 6.45) is 3.57. The molecule has 112 valence electrons. The minimum Gasteiger partial charge on any atom is -0.301 e. The van der Waals surface area contributed by atoms with Gasteiger partial charge in [0.1, 0.15) is 0 Å². The lowest BCUT2D eigenvalue weighted by atomic mass is 9.99. The molecule has 2 atom stereocenters. The summed E-state index contributed by atoms with van der Waals surface area (Å²) in [4.78, 5) is 4.49. The Morgan fingerprint density at radius 1 is 1.16 bits per heavy atom. The Balaban J connectivity index is 1.69. The molecule has 2 nitrogen and oxygen atoms in total. The number of nitrogens with zero attached hydrogens (tertiary/aromatic N) is 2. The Labute approximate surface area is 116 Å². The van der Waals surface area contributed by atoms with Crippen molar-refractivity contribution >= 4 is 0 Å². The van der Waals surface area contributed by atoms with Crippen LogP contribution >= 0.6 is 0 Å². The molecule has 2 rings (SSSR count). The number of hydrogen-bond donors (Lipinski definition) is 0. The largest absolute Gasteiger partial charge is 0.301 e. The minimum atomic E-state index is -2.45. The average Bonchev–Trinajstić information content (AvgIpc) is 2.92. The minimum absolute atomic E-state index is 0.0308. The van der Waals surface area contributed by atoms with Gasteiger partial charge in [0.25, 0.3) is 5.92 Å². The summed E-state index contributed by atoms with van der Waals surface area (Å²) in [6, 6.07) is 0.946. The highest BCUT2D eigenvalue weighted by molar-refractivity contribution is 4.86. The second-order valence-electron chi connectivity index (χ2n) is 6.75. The number of rotatable bonds is 5. The predicted molar refractivity (Wildman–Crippen MR) is 74.6 cm³/mol. The Morgan fingerprint density at radius 2 is 1.89 bits per heavy atom. The van der Waals surface area contributed by atoms with Gasteiger partial charge < -0.3 is 4.90 Å². The molecule has 19 heavy (non-hydrogen) atoms. The molecule has 0 aromatic rings. The molecule has 1 unspecified atom stereocenters. The Bertz CT molecular complexity index is 294. The zero-order valence-corrected chi connectivity index (χ0v) is 12.5. The third kappa shape index (κ3) is 4.12. The first-order valence-electron chi connectivity index (χ1n) is 7.73. The molecule has 0 aromatic carbocycles. The number of likely N-dealkylation sites (tertiary alicyclic amines) is 2. The summed E-state index contributed by atoms with van der Waals surface area (Å²) in [6.45, 7) is 9.54. The molecule has 0 N–H and O–H groups in total. The van der Waals surface area contributed by atoms with Gasteiger partial charge in [-0.25, -0.2) is 8.78 Å². The number of halogens is 2. The van der Waals surface area contributed by atoms with Gasteiger partial charge in [-0.3, -0.25) is 4.90 Å². The topological polar surface area (TPSA) is 6.48 Å². The van der Waals surface area contributed by atoms with Gasteiger partial charge in [0.2, 0.25) is 0 Å². The van der Waals surface area contributed by atoms with Crippen molar-refractivity contribution in [3.8, 4) is 0 Å². The van der Waals surface area contributed by atoms with E-state index in [9.17, 15) is 8.78 Å². The maximum Gasteiger partial charge on any atom is 0.261 e. The Morgan fingerprint density at radius 3 is 2.42 bits per heavy atom. The van der Waals surface area contributed by atoms with E-state index in [4.69, 9.17) is 0 Å². The molecule has 0 spiro atoms. The van der Waals surface area contributed by atoms with E-state index in [2.05, 4.69) is 25.7 Å². The van der Waals surface area contributed by atoms with Crippen LogP contribution in [0.5, 0.6) is 0 Å². The van der Waals surface area contributed by atoms with Crippen LogP contribution in [0.4, 0.5) is 8.78 Å². The fourth-order valence-corrected chi connectivity index (χ4v) is 3.37. The fraction of sp³-hybridized carbons (Fsp3) is 1.00. The van der Waals surface area contributed by atoms with Gasteiger partial charge in [-0.15, -0.1) is 0 Å². The summed E-state index contributed by atoms with van der Waals surface area (Å²) in [5.41, 5.74) is 0. The van der Waals surface area contributed by atoms with Crippen LogP contribution in [0.3, 0.4) is 0 Å². The molecular formula is C15H28F2N2. The highest BCUT2D eigenvalue weighted by Crippen LogP contribution is 2.30. The van der Waals surface area contributed by atoms with Crippen molar-refractivity contribution in [3.05, 3.63) is 0 Å². The molecule has 2 fully saturated rings. The van der Waals surface area contributed by atoms with Crippen molar-refractivity contribution in [2.24, 2.45) is 5.92 Å². The lowest BCUT2D eigenvalue weighted by Gasteiger charge is -2.25. The van der Waals surface area contributed by atoms with Crippen LogP contribution in [-0.2, 0) is 0 Å².